The van der Waals surface area contributed by atoms with Crippen molar-refractivity contribution in [2.24, 2.45) is 12.9 Å². The lowest BCUT2D eigenvalue weighted by atomic mass is 9.83. The Kier molecular flexibility index (Phi) is 3.60. The first-order valence-corrected chi connectivity index (χ1v) is 7.46. The number of likely N-dealkylation sites (tertiary alicyclic amines) is 1. The number of nitrogens with one attached hydrogen (secondary N) is 1. The fraction of sp³-hybridized carbons (Fsp3) is 0.786. The summed E-state index contributed by atoms with van der Waals surface area (Å²) in [5.74, 6) is 5.93. The van der Waals surface area contributed by atoms with E-state index in [0.29, 0.717) is 0 Å². The molecule has 2 heterocycles. The van der Waals surface area contributed by atoms with Gasteiger partial charge in [0, 0.05) is 24.3 Å². The summed E-state index contributed by atoms with van der Waals surface area (Å²) in [6.07, 6.45) is 11.8. The molecule has 2 fully saturated rings. The van der Waals surface area contributed by atoms with Crippen LogP contribution in [0.4, 0.5) is 0 Å². The van der Waals surface area contributed by atoms with E-state index in [4.69, 9.17) is 5.84 Å². The van der Waals surface area contributed by atoms with Crippen molar-refractivity contribution in [2.45, 2.75) is 50.1 Å². The number of aryl methyl sites for hydroxylation is 1. The van der Waals surface area contributed by atoms with E-state index in [1.54, 1.807) is 0 Å². The van der Waals surface area contributed by atoms with Crippen molar-refractivity contribution < 1.29 is 0 Å². The Morgan fingerprint density at radius 1 is 1.26 bits per heavy atom. The molecule has 0 bridgehead atoms. The van der Waals surface area contributed by atoms with Gasteiger partial charge in [-0.15, -0.1) is 0 Å². The Balaban J connectivity index is 1.93. The molecule has 19 heavy (non-hydrogen) atoms. The molecule has 1 saturated heterocycles. The van der Waals surface area contributed by atoms with E-state index in [-0.39, 0.29) is 11.6 Å². The van der Waals surface area contributed by atoms with Gasteiger partial charge in [0.1, 0.15) is 0 Å². The standard InChI is InChI=1S/C14H25N5/c1-18-11-12(10-16-18)13(17-15)14(6-2-3-7-14)19-8-4-5-9-19/h10-11,13,17H,2-9,15H2,1H3. The predicted molar refractivity (Wildman–Crippen MR) is 75.3 cm³/mol. The molecule has 1 aliphatic heterocycles. The quantitative estimate of drug-likeness (QED) is 0.635. The summed E-state index contributed by atoms with van der Waals surface area (Å²) < 4.78 is 1.87. The Bertz CT molecular complexity index is 415. The van der Waals surface area contributed by atoms with Crippen LogP contribution in [0, 0.1) is 0 Å². The molecule has 2 aliphatic rings. The van der Waals surface area contributed by atoms with Gasteiger partial charge >= 0.3 is 0 Å². The van der Waals surface area contributed by atoms with Crippen LogP contribution in [0.1, 0.15) is 50.1 Å². The summed E-state index contributed by atoms with van der Waals surface area (Å²) in [6.45, 7) is 2.44. The van der Waals surface area contributed by atoms with Gasteiger partial charge < -0.3 is 0 Å². The molecule has 0 amide bonds. The van der Waals surface area contributed by atoms with E-state index in [2.05, 4.69) is 21.6 Å². The van der Waals surface area contributed by atoms with Crippen LogP contribution < -0.4 is 11.3 Å². The number of hydrazine groups is 1. The number of nitrogens with zero attached hydrogens (tertiary/aromatic N) is 3. The molecule has 3 rings (SSSR count). The summed E-state index contributed by atoms with van der Waals surface area (Å²) in [5, 5.41) is 4.32. The van der Waals surface area contributed by atoms with Crippen LogP contribution in [0.3, 0.4) is 0 Å². The van der Waals surface area contributed by atoms with Gasteiger partial charge in [-0.05, 0) is 38.8 Å². The van der Waals surface area contributed by atoms with Crippen LogP contribution in [0.5, 0.6) is 0 Å². The van der Waals surface area contributed by atoms with Crippen LogP contribution in [-0.2, 0) is 7.05 Å². The van der Waals surface area contributed by atoms with Crippen molar-refractivity contribution in [2.75, 3.05) is 13.1 Å². The van der Waals surface area contributed by atoms with Crippen LogP contribution in [0.15, 0.2) is 12.4 Å². The predicted octanol–water partition coefficient (Wildman–Crippen LogP) is 1.33. The number of hydrogen-bond donors (Lipinski definition) is 2. The summed E-state index contributed by atoms with van der Waals surface area (Å²) in [7, 11) is 1.97. The summed E-state index contributed by atoms with van der Waals surface area (Å²) in [5.41, 5.74) is 4.52. The maximum Gasteiger partial charge on any atom is 0.0674 e. The highest BCUT2D eigenvalue weighted by atomic mass is 15.3. The van der Waals surface area contributed by atoms with Crippen molar-refractivity contribution in [1.82, 2.24) is 20.1 Å². The fourth-order valence-corrected chi connectivity index (χ4v) is 4.09. The lowest BCUT2D eigenvalue weighted by molar-refractivity contribution is 0.0764. The third-order valence-corrected chi connectivity index (χ3v) is 4.97. The number of rotatable bonds is 4. The fourth-order valence-electron chi connectivity index (χ4n) is 4.09. The van der Waals surface area contributed by atoms with Crippen LogP contribution in [0.25, 0.3) is 0 Å². The lowest BCUT2D eigenvalue weighted by Gasteiger charge is -2.44. The Morgan fingerprint density at radius 2 is 1.95 bits per heavy atom. The van der Waals surface area contributed by atoms with Gasteiger partial charge in [0.2, 0.25) is 0 Å². The first kappa shape index (κ1) is 13.1. The molecule has 3 N–H and O–H groups in total. The number of nitrogens with two attached hydrogens (primary N) is 1. The highest BCUT2D eigenvalue weighted by Crippen LogP contribution is 2.45. The van der Waals surface area contributed by atoms with Crippen molar-refractivity contribution in [3.63, 3.8) is 0 Å². The Hall–Kier alpha value is -0.910. The molecule has 106 valence electrons. The van der Waals surface area contributed by atoms with E-state index in [9.17, 15) is 0 Å². The summed E-state index contributed by atoms with van der Waals surface area (Å²) in [4.78, 5) is 2.68. The molecule has 5 heteroatoms. The monoisotopic (exact) mass is 263 g/mol. The van der Waals surface area contributed by atoms with Gasteiger partial charge in [-0.25, -0.2) is 0 Å². The van der Waals surface area contributed by atoms with Crippen molar-refractivity contribution in [3.8, 4) is 0 Å². The van der Waals surface area contributed by atoms with E-state index < -0.39 is 0 Å². The Morgan fingerprint density at radius 3 is 2.47 bits per heavy atom. The van der Waals surface area contributed by atoms with Gasteiger partial charge in [0.15, 0.2) is 0 Å². The topological polar surface area (TPSA) is 59.1 Å². The zero-order valence-electron chi connectivity index (χ0n) is 11.8. The molecule has 1 aliphatic carbocycles. The molecule has 1 saturated carbocycles. The van der Waals surface area contributed by atoms with E-state index in [1.807, 2.05) is 17.9 Å². The van der Waals surface area contributed by atoms with Crippen molar-refractivity contribution >= 4 is 0 Å². The van der Waals surface area contributed by atoms with Gasteiger partial charge in [-0.1, -0.05) is 12.8 Å². The second-order valence-electron chi connectivity index (χ2n) is 6.05. The van der Waals surface area contributed by atoms with Gasteiger partial charge in [0.05, 0.1) is 12.2 Å². The van der Waals surface area contributed by atoms with Crippen molar-refractivity contribution in [1.29, 1.82) is 0 Å². The molecule has 1 atom stereocenters. The van der Waals surface area contributed by atoms with E-state index >= 15 is 0 Å². The average molecular weight is 263 g/mol. The largest absolute Gasteiger partial charge is 0.296 e. The van der Waals surface area contributed by atoms with Crippen LogP contribution in [-0.4, -0.2) is 33.3 Å². The highest BCUT2D eigenvalue weighted by molar-refractivity contribution is 5.19. The Labute approximate surface area is 115 Å². The lowest BCUT2D eigenvalue weighted by Crippen LogP contribution is -2.55. The number of hydrogen-bond acceptors (Lipinski definition) is 4. The molecule has 0 aromatic carbocycles. The molecule has 1 aromatic heterocycles. The highest BCUT2D eigenvalue weighted by Gasteiger charge is 2.47. The minimum Gasteiger partial charge on any atom is -0.296 e. The third-order valence-electron chi connectivity index (χ3n) is 4.97. The molecule has 0 spiro atoms. The minimum atomic E-state index is 0.196. The van der Waals surface area contributed by atoms with E-state index in [1.165, 1.54) is 57.2 Å². The summed E-state index contributed by atoms with van der Waals surface area (Å²) >= 11 is 0. The SMILES string of the molecule is Cn1cc(C(NN)C2(N3CCCC3)CCCC2)cn1. The molecule has 5 nitrogen and oxygen atoms in total. The average Bonchev–Trinajstić information content (AvgIpc) is 3.10. The first-order chi connectivity index (χ1) is 9.26. The maximum absolute atomic E-state index is 5.93. The van der Waals surface area contributed by atoms with Crippen LogP contribution >= 0.6 is 0 Å². The molecule has 1 unspecified atom stereocenters. The van der Waals surface area contributed by atoms with Crippen molar-refractivity contribution in [3.05, 3.63) is 18.0 Å². The molecule has 0 radical (unpaired) electrons. The van der Waals surface area contributed by atoms with Gasteiger partial charge in [-0.3, -0.25) is 20.9 Å². The second-order valence-corrected chi connectivity index (χ2v) is 6.05. The molecular formula is C14H25N5. The first-order valence-electron chi connectivity index (χ1n) is 7.46. The number of aromatic nitrogens is 2. The normalized spacial score (nSPS) is 24.9. The zero-order valence-corrected chi connectivity index (χ0v) is 11.8. The zero-order chi connectivity index (χ0) is 13.3. The second kappa shape index (κ2) is 5.23. The smallest absolute Gasteiger partial charge is 0.0674 e. The molecular weight excluding hydrogens is 238 g/mol. The van der Waals surface area contributed by atoms with Gasteiger partial charge in [-0.2, -0.15) is 5.10 Å². The van der Waals surface area contributed by atoms with Crippen LogP contribution in [0.2, 0.25) is 0 Å². The molecule has 1 aromatic rings. The van der Waals surface area contributed by atoms with E-state index in [0.717, 1.165) is 0 Å². The third kappa shape index (κ3) is 2.20. The van der Waals surface area contributed by atoms with Gasteiger partial charge in [0.25, 0.3) is 0 Å². The summed E-state index contributed by atoms with van der Waals surface area (Å²) in [6, 6.07) is 0.196. The minimum absolute atomic E-state index is 0.196. The maximum atomic E-state index is 5.93.